The van der Waals surface area contributed by atoms with Crippen molar-refractivity contribution in [2.75, 3.05) is 0 Å². The normalized spacial score (nSPS) is 17.5. The summed E-state index contributed by atoms with van der Waals surface area (Å²) in [6.07, 6.45) is 18.8. The molecule has 3 aromatic rings. The lowest BCUT2D eigenvalue weighted by Crippen LogP contribution is -2.12. The molecule has 1 fully saturated rings. The number of allylic oxidation sites excluding steroid dienone is 2. The van der Waals surface area contributed by atoms with E-state index in [0.717, 1.165) is 56.1 Å². The molecule has 40 heavy (non-hydrogen) atoms. The highest BCUT2D eigenvalue weighted by Crippen LogP contribution is 2.38. The van der Waals surface area contributed by atoms with E-state index in [-0.39, 0.29) is 11.4 Å². The van der Waals surface area contributed by atoms with Gasteiger partial charge in [-0.15, -0.1) is 0 Å². The van der Waals surface area contributed by atoms with Gasteiger partial charge in [0.1, 0.15) is 5.82 Å². The Morgan fingerprint density at radius 3 is 1.90 bits per heavy atom. The Balaban J connectivity index is 1.36. The molecule has 0 aromatic heterocycles. The SMILES string of the molecule is CC=CC1CCC(c2ccc(-c3ccc(-c4ccc(CCCCCCCCCC)c(F)c4F)cc3)c(F)c2)CC1. The fraction of sp³-hybridized carbons (Fsp3) is 0.459. The van der Waals surface area contributed by atoms with E-state index in [0.29, 0.717) is 34.9 Å². The van der Waals surface area contributed by atoms with Crippen molar-refractivity contribution in [3.8, 4) is 22.3 Å². The number of benzene rings is 3. The molecule has 0 unspecified atom stereocenters. The van der Waals surface area contributed by atoms with E-state index in [2.05, 4.69) is 26.0 Å². The lowest BCUT2D eigenvalue weighted by Gasteiger charge is -2.27. The Bertz CT molecular complexity index is 1230. The molecular weight excluding hydrogens is 501 g/mol. The van der Waals surface area contributed by atoms with Crippen LogP contribution in [0.25, 0.3) is 22.3 Å². The Labute approximate surface area is 239 Å². The van der Waals surface area contributed by atoms with Gasteiger partial charge >= 0.3 is 0 Å². The van der Waals surface area contributed by atoms with Crippen molar-refractivity contribution in [3.63, 3.8) is 0 Å². The fourth-order valence-electron chi connectivity index (χ4n) is 6.22. The van der Waals surface area contributed by atoms with Crippen LogP contribution in [0.15, 0.2) is 66.7 Å². The van der Waals surface area contributed by atoms with Crippen LogP contribution in [-0.2, 0) is 6.42 Å². The standard InChI is InChI=1S/C37H45F3/c1-3-5-6-7-8-9-10-11-13-31-22-25-34(37(40)36(31)39)30-20-18-29(19-21-30)33-24-23-32(26-35(33)38)28-16-14-27(12-4-2)15-17-28/h4,12,18-28H,3,5-11,13-17H2,1-2H3. The van der Waals surface area contributed by atoms with E-state index in [9.17, 15) is 4.39 Å². The quantitative estimate of drug-likeness (QED) is 0.148. The van der Waals surface area contributed by atoms with Crippen molar-refractivity contribution in [2.45, 2.75) is 103 Å². The van der Waals surface area contributed by atoms with Gasteiger partial charge in [-0.05, 0) is 85.6 Å². The van der Waals surface area contributed by atoms with Gasteiger partial charge in [0.05, 0.1) is 0 Å². The largest absolute Gasteiger partial charge is 0.206 e. The number of hydrogen-bond acceptors (Lipinski definition) is 0. The molecule has 3 heteroatoms. The van der Waals surface area contributed by atoms with Crippen molar-refractivity contribution in [3.05, 3.63) is 95.3 Å². The average Bonchev–Trinajstić information content (AvgIpc) is 2.97. The van der Waals surface area contributed by atoms with Gasteiger partial charge in [0.15, 0.2) is 11.6 Å². The average molecular weight is 547 g/mol. The Morgan fingerprint density at radius 1 is 0.675 bits per heavy atom. The maximum atomic E-state index is 15.2. The van der Waals surface area contributed by atoms with Crippen molar-refractivity contribution in [2.24, 2.45) is 5.92 Å². The third-order valence-corrected chi connectivity index (χ3v) is 8.67. The Hall–Kier alpha value is -2.81. The summed E-state index contributed by atoms with van der Waals surface area (Å²) in [5.74, 6) is -0.726. The van der Waals surface area contributed by atoms with E-state index < -0.39 is 11.6 Å². The van der Waals surface area contributed by atoms with Crippen LogP contribution < -0.4 is 0 Å². The van der Waals surface area contributed by atoms with Crippen LogP contribution in [0.5, 0.6) is 0 Å². The van der Waals surface area contributed by atoms with Gasteiger partial charge in [0.25, 0.3) is 0 Å². The van der Waals surface area contributed by atoms with Crippen LogP contribution in [0.4, 0.5) is 13.2 Å². The summed E-state index contributed by atoms with van der Waals surface area (Å²) in [4.78, 5) is 0. The lowest BCUT2D eigenvalue weighted by molar-refractivity contribution is 0.375. The number of aryl methyl sites for hydroxylation is 1. The van der Waals surface area contributed by atoms with Crippen molar-refractivity contribution in [1.82, 2.24) is 0 Å². The maximum Gasteiger partial charge on any atom is 0.166 e. The molecule has 0 atom stereocenters. The summed E-state index contributed by atoms with van der Waals surface area (Å²) < 4.78 is 45.1. The first-order valence-electron chi connectivity index (χ1n) is 15.5. The molecule has 0 nitrogen and oxygen atoms in total. The van der Waals surface area contributed by atoms with Gasteiger partial charge in [0.2, 0.25) is 0 Å². The maximum absolute atomic E-state index is 15.2. The Kier molecular flexibility index (Phi) is 11.5. The summed E-state index contributed by atoms with van der Waals surface area (Å²) in [7, 11) is 0. The van der Waals surface area contributed by atoms with Crippen LogP contribution in [0.1, 0.15) is 108 Å². The summed E-state index contributed by atoms with van der Waals surface area (Å²) in [6.45, 7) is 4.28. The minimum atomic E-state index is -0.801. The van der Waals surface area contributed by atoms with Gasteiger partial charge < -0.3 is 0 Å². The first kappa shape index (κ1) is 30.2. The van der Waals surface area contributed by atoms with Crippen LogP contribution in [-0.4, -0.2) is 0 Å². The summed E-state index contributed by atoms with van der Waals surface area (Å²) in [5, 5.41) is 0. The summed E-state index contributed by atoms with van der Waals surface area (Å²) >= 11 is 0. The van der Waals surface area contributed by atoms with Crippen LogP contribution >= 0.6 is 0 Å². The molecule has 1 aliphatic rings. The first-order valence-corrected chi connectivity index (χ1v) is 15.5. The molecular formula is C37H45F3. The Morgan fingerprint density at radius 2 is 1.27 bits per heavy atom. The third-order valence-electron chi connectivity index (χ3n) is 8.67. The zero-order valence-electron chi connectivity index (χ0n) is 24.3. The number of halogens is 3. The molecule has 1 aliphatic carbocycles. The van der Waals surface area contributed by atoms with Crippen molar-refractivity contribution < 1.29 is 13.2 Å². The van der Waals surface area contributed by atoms with E-state index in [1.165, 1.54) is 32.1 Å². The molecule has 1 saturated carbocycles. The first-order chi connectivity index (χ1) is 19.5. The molecule has 0 aliphatic heterocycles. The number of hydrogen-bond donors (Lipinski definition) is 0. The number of unbranched alkanes of at least 4 members (excludes halogenated alkanes) is 7. The minimum Gasteiger partial charge on any atom is -0.206 e. The molecule has 0 saturated heterocycles. The van der Waals surface area contributed by atoms with Gasteiger partial charge in [-0.2, -0.15) is 0 Å². The molecule has 4 rings (SSSR count). The predicted molar refractivity (Wildman–Crippen MR) is 163 cm³/mol. The van der Waals surface area contributed by atoms with Crippen LogP contribution in [0.3, 0.4) is 0 Å². The second kappa shape index (κ2) is 15.3. The van der Waals surface area contributed by atoms with Crippen LogP contribution in [0.2, 0.25) is 0 Å². The molecule has 0 bridgehead atoms. The predicted octanol–water partition coefficient (Wildman–Crippen LogP) is 12.0. The summed E-state index contributed by atoms with van der Waals surface area (Å²) in [6, 6.07) is 16.1. The monoisotopic (exact) mass is 546 g/mol. The van der Waals surface area contributed by atoms with E-state index >= 15 is 8.78 Å². The van der Waals surface area contributed by atoms with Gasteiger partial charge in [0, 0.05) is 11.1 Å². The van der Waals surface area contributed by atoms with E-state index in [1.807, 2.05) is 12.1 Å². The van der Waals surface area contributed by atoms with Gasteiger partial charge in [-0.3, -0.25) is 0 Å². The highest BCUT2D eigenvalue weighted by molar-refractivity contribution is 5.71. The highest BCUT2D eigenvalue weighted by Gasteiger charge is 2.22. The van der Waals surface area contributed by atoms with Crippen molar-refractivity contribution in [1.29, 1.82) is 0 Å². The molecule has 214 valence electrons. The zero-order valence-corrected chi connectivity index (χ0v) is 24.3. The minimum absolute atomic E-state index is 0.233. The smallest absolute Gasteiger partial charge is 0.166 e. The second-order valence-electron chi connectivity index (χ2n) is 11.6. The van der Waals surface area contributed by atoms with Gasteiger partial charge in [-0.1, -0.05) is 113 Å². The molecule has 0 spiro atoms. The topological polar surface area (TPSA) is 0 Å². The highest BCUT2D eigenvalue weighted by atomic mass is 19.2. The third kappa shape index (κ3) is 7.89. The zero-order chi connectivity index (χ0) is 28.3. The molecule has 0 radical (unpaired) electrons. The second-order valence-corrected chi connectivity index (χ2v) is 11.6. The van der Waals surface area contributed by atoms with Gasteiger partial charge in [-0.25, -0.2) is 13.2 Å². The van der Waals surface area contributed by atoms with Crippen molar-refractivity contribution >= 4 is 0 Å². The molecule has 0 heterocycles. The molecule has 3 aromatic carbocycles. The molecule has 0 amide bonds. The van der Waals surface area contributed by atoms with E-state index in [4.69, 9.17) is 0 Å². The van der Waals surface area contributed by atoms with E-state index in [1.54, 1.807) is 42.5 Å². The number of rotatable bonds is 13. The lowest BCUT2D eigenvalue weighted by atomic mass is 9.78. The summed E-state index contributed by atoms with van der Waals surface area (Å²) in [5.41, 5.74) is 3.62. The fourth-order valence-corrected chi connectivity index (χ4v) is 6.22. The molecule has 0 N–H and O–H groups in total. The van der Waals surface area contributed by atoms with Crippen LogP contribution in [0, 0.1) is 23.4 Å².